The summed E-state index contributed by atoms with van der Waals surface area (Å²) in [5.74, 6) is -0.0285. The highest BCUT2D eigenvalue weighted by atomic mass is 32.2. The highest BCUT2D eigenvalue weighted by molar-refractivity contribution is 7.89. The van der Waals surface area contributed by atoms with Gasteiger partial charge in [0, 0.05) is 25.0 Å². The Bertz CT molecular complexity index is 608. The first kappa shape index (κ1) is 17.9. The van der Waals surface area contributed by atoms with Crippen LogP contribution < -0.4 is 5.32 Å². The van der Waals surface area contributed by atoms with Crippen molar-refractivity contribution < 1.29 is 13.2 Å². The number of sulfonamides is 1. The topological polar surface area (TPSA) is 66.5 Å². The predicted octanol–water partition coefficient (Wildman–Crippen LogP) is 2.39. The van der Waals surface area contributed by atoms with Gasteiger partial charge in [-0.15, -0.1) is 0 Å². The van der Waals surface area contributed by atoms with Crippen molar-refractivity contribution in [1.82, 2.24) is 9.62 Å². The average Bonchev–Trinajstić information content (AvgIpc) is 2.56. The zero-order valence-electron chi connectivity index (χ0n) is 13.9. The van der Waals surface area contributed by atoms with E-state index < -0.39 is 10.0 Å². The molecule has 128 valence electrons. The quantitative estimate of drug-likeness (QED) is 0.866. The van der Waals surface area contributed by atoms with Crippen molar-refractivity contribution >= 4 is 15.9 Å². The number of carbonyl (C=O) groups is 1. The summed E-state index contributed by atoms with van der Waals surface area (Å²) >= 11 is 0. The maximum Gasteiger partial charge on any atom is 0.243 e. The second-order valence-electron chi connectivity index (χ2n) is 6.19. The minimum atomic E-state index is -3.44. The molecule has 0 aliphatic carbocycles. The zero-order valence-corrected chi connectivity index (χ0v) is 14.7. The van der Waals surface area contributed by atoms with E-state index in [0.29, 0.717) is 30.8 Å². The molecular weight excluding hydrogens is 312 g/mol. The van der Waals surface area contributed by atoms with Gasteiger partial charge in [-0.1, -0.05) is 31.5 Å². The summed E-state index contributed by atoms with van der Waals surface area (Å²) in [6.07, 6.45) is 3.16. The Morgan fingerprint density at radius 3 is 2.43 bits per heavy atom. The molecule has 1 heterocycles. The Balaban J connectivity index is 1.92. The van der Waals surface area contributed by atoms with Gasteiger partial charge in [-0.25, -0.2) is 8.42 Å². The zero-order chi connectivity index (χ0) is 16.9. The number of amides is 1. The van der Waals surface area contributed by atoms with Crippen molar-refractivity contribution in [2.45, 2.75) is 50.5 Å². The molecule has 0 aromatic heterocycles. The maximum atomic E-state index is 12.6. The van der Waals surface area contributed by atoms with Gasteiger partial charge in [0.15, 0.2) is 0 Å². The monoisotopic (exact) mass is 338 g/mol. The number of hydrogen-bond donors (Lipinski definition) is 1. The van der Waals surface area contributed by atoms with Crippen molar-refractivity contribution in [2.75, 3.05) is 13.1 Å². The van der Waals surface area contributed by atoms with Crippen LogP contribution >= 0.6 is 0 Å². The van der Waals surface area contributed by atoms with Crippen LogP contribution in [-0.4, -0.2) is 37.8 Å². The average molecular weight is 338 g/mol. The summed E-state index contributed by atoms with van der Waals surface area (Å²) in [4.78, 5) is 12.5. The minimum Gasteiger partial charge on any atom is -0.353 e. The van der Waals surface area contributed by atoms with E-state index in [4.69, 9.17) is 0 Å². The van der Waals surface area contributed by atoms with Crippen LogP contribution in [0.3, 0.4) is 0 Å². The molecule has 2 rings (SSSR count). The number of hydrogen-bond acceptors (Lipinski definition) is 3. The van der Waals surface area contributed by atoms with Gasteiger partial charge in [0.2, 0.25) is 15.9 Å². The van der Waals surface area contributed by atoms with E-state index >= 15 is 0 Å². The highest BCUT2D eigenvalue weighted by Crippen LogP contribution is 2.24. The molecule has 1 aromatic carbocycles. The van der Waals surface area contributed by atoms with E-state index in [2.05, 4.69) is 12.2 Å². The van der Waals surface area contributed by atoms with Crippen LogP contribution in [-0.2, 0) is 14.8 Å². The Morgan fingerprint density at radius 1 is 1.26 bits per heavy atom. The van der Waals surface area contributed by atoms with Crippen molar-refractivity contribution in [3.63, 3.8) is 0 Å². The Labute approximate surface area is 139 Å². The van der Waals surface area contributed by atoms with Crippen LogP contribution in [0, 0.1) is 5.92 Å². The summed E-state index contributed by atoms with van der Waals surface area (Å²) in [6.45, 7) is 4.90. The van der Waals surface area contributed by atoms with E-state index in [9.17, 15) is 13.2 Å². The van der Waals surface area contributed by atoms with Crippen molar-refractivity contribution in [3.05, 3.63) is 30.3 Å². The molecule has 1 saturated heterocycles. The molecule has 0 saturated carbocycles. The second-order valence-corrected chi connectivity index (χ2v) is 8.13. The smallest absolute Gasteiger partial charge is 0.243 e. The number of carbonyl (C=O) groups excluding carboxylic acids is 1. The van der Waals surface area contributed by atoms with Crippen LogP contribution in [0.25, 0.3) is 0 Å². The SMILES string of the molecule is CCC[C@H](C)NC(=O)C1CCN(S(=O)(=O)c2ccccc2)CC1. The van der Waals surface area contributed by atoms with E-state index in [-0.39, 0.29) is 17.9 Å². The van der Waals surface area contributed by atoms with Crippen LogP contribution in [0.2, 0.25) is 0 Å². The van der Waals surface area contributed by atoms with Gasteiger partial charge in [0.1, 0.15) is 0 Å². The molecule has 0 radical (unpaired) electrons. The van der Waals surface area contributed by atoms with Crippen molar-refractivity contribution in [1.29, 1.82) is 0 Å². The van der Waals surface area contributed by atoms with E-state index in [1.54, 1.807) is 30.3 Å². The summed E-state index contributed by atoms with van der Waals surface area (Å²) in [5, 5.41) is 3.03. The normalized spacial score (nSPS) is 18.5. The molecular formula is C17H26N2O3S. The maximum absolute atomic E-state index is 12.6. The Morgan fingerprint density at radius 2 is 1.87 bits per heavy atom. The predicted molar refractivity (Wildman–Crippen MR) is 90.4 cm³/mol. The van der Waals surface area contributed by atoms with Gasteiger partial charge in [-0.05, 0) is 38.3 Å². The van der Waals surface area contributed by atoms with E-state index in [0.717, 1.165) is 12.8 Å². The van der Waals surface area contributed by atoms with E-state index in [1.165, 1.54) is 4.31 Å². The number of benzene rings is 1. The lowest BCUT2D eigenvalue weighted by atomic mass is 9.96. The number of piperidine rings is 1. The Kier molecular flexibility index (Phi) is 6.18. The molecule has 0 unspecified atom stereocenters. The van der Waals surface area contributed by atoms with Crippen LogP contribution in [0.15, 0.2) is 35.2 Å². The second kappa shape index (κ2) is 7.93. The third kappa shape index (κ3) is 4.54. The van der Waals surface area contributed by atoms with Crippen LogP contribution in [0.4, 0.5) is 0 Å². The van der Waals surface area contributed by atoms with E-state index in [1.807, 2.05) is 6.92 Å². The molecule has 1 aliphatic heterocycles. The van der Waals surface area contributed by atoms with Crippen LogP contribution in [0.1, 0.15) is 39.5 Å². The molecule has 6 heteroatoms. The molecule has 0 spiro atoms. The third-order valence-electron chi connectivity index (χ3n) is 4.32. The first-order valence-electron chi connectivity index (χ1n) is 8.30. The molecule has 23 heavy (non-hydrogen) atoms. The van der Waals surface area contributed by atoms with Gasteiger partial charge < -0.3 is 5.32 Å². The summed E-state index contributed by atoms with van der Waals surface area (Å²) in [6, 6.07) is 8.65. The highest BCUT2D eigenvalue weighted by Gasteiger charge is 2.32. The van der Waals surface area contributed by atoms with Gasteiger partial charge in [0.05, 0.1) is 4.90 Å². The van der Waals surface area contributed by atoms with Gasteiger partial charge in [-0.2, -0.15) is 4.31 Å². The summed E-state index contributed by atoms with van der Waals surface area (Å²) in [7, 11) is -3.44. The molecule has 1 aliphatic rings. The number of rotatable bonds is 6. The summed E-state index contributed by atoms with van der Waals surface area (Å²) < 4.78 is 26.6. The first-order chi connectivity index (χ1) is 10.9. The third-order valence-corrected chi connectivity index (χ3v) is 6.23. The molecule has 1 N–H and O–H groups in total. The standard InChI is InChI=1S/C17H26N2O3S/c1-3-7-14(2)18-17(20)15-10-12-19(13-11-15)23(21,22)16-8-5-4-6-9-16/h4-6,8-9,14-15H,3,7,10-13H2,1-2H3,(H,18,20)/t14-/m0/s1. The molecule has 1 amide bonds. The van der Waals surface area contributed by atoms with Gasteiger partial charge >= 0.3 is 0 Å². The lowest BCUT2D eigenvalue weighted by Crippen LogP contribution is -2.44. The van der Waals surface area contributed by atoms with Gasteiger partial charge in [-0.3, -0.25) is 4.79 Å². The molecule has 1 atom stereocenters. The molecule has 0 bridgehead atoms. The molecule has 1 fully saturated rings. The lowest BCUT2D eigenvalue weighted by Gasteiger charge is -2.31. The largest absolute Gasteiger partial charge is 0.353 e. The fourth-order valence-corrected chi connectivity index (χ4v) is 4.46. The molecule has 5 nitrogen and oxygen atoms in total. The summed E-state index contributed by atoms with van der Waals surface area (Å²) in [5.41, 5.74) is 0. The Hall–Kier alpha value is -1.40. The van der Waals surface area contributed by atoms with Crippen LogP contribution in [0.5, 0.6) is 0 Å². The lowest BCUT2D eigenvalue weighted by molar-refractivity contribution is -0.126. The number of nitrogens with zero attached hydrogens (tertiary/aromatic N) is 1. The first-order valence-corrected chi connectivity index (χ1v) is 9.74. The fourth-order valence-electron chi connectivity index (χ4n) is 2.97. The fraction of sp³-hybridized carbons (Fsp3) is 0.588. The van der Waals surface area contributed by atoms with Crippen molar-refractivity contribution in [2.24, 2.45) is 5.92 Å². The molecule has 1 aromatic rings. The van der Waals surface area contributed by atoms with Crippen molar-refractivity contribution in [3.8, 4) is 0 Å². The van der Waals surface area contributed by atoms with Gasteiger partial charge in [0.25, 0.3) is 0 Å². The minimum absolute atomic E-state index is 0.0581. The number of nitrogens with one attached hydrogen (secondary N) is 1.